The Kier molecular flexibility index (Phi) is 6.13. The molecule has 6 heteroatoms. The molecule has 0 aliphatic carbocycles. The summed E-state index contributed by atoms with van der Waals surface area (Å²) in [5.74, 6) is 0. The van der Waals surface area contributed by atoms with E-state index in [-0.39, 0.29) is 9.92 Å². The van der Waals surface area contributed by atoms with Gasteiger partial charge in [-0.25, -0.2) is 18.4 Å². The third-order valence-corrected chi connectivity index (χ3v) is 10.6. The van der Waals surface area contributed by atoms with Crippen LogP contribution in [0, 0.1) is 0 Å². The smallest absolute Gasteiger partial charge is 0.223 e. The molecule has 47 heavy (non-hydrogen) atoms. The Bertz CT molecular complexity index is 2800. The molecule has 0 saturated heterocycles. The van der Waals surface area contributed by atoms with Crippen LogP contribution < -0.4 is 0 Å². The Morgan fingerprint density at radius 1 is 0.468 bits per heavy atom. The molecule has 9 aromatic rings. The highest BCUT2D eigenvalue weighted by atomic mass is 32.2. The highest BCUT2D eigenvalue weighted by Gasteiger charge is 2.23. The molecule has 0 N–H and O–H groups in total. The summed E-state index contributed by atoms with van der Waals surface area (Å²) in [4.78, 5) is 15.3. The van der Waals surface area contributed by atoms with Gasteiger partial charge in [-0.1, -0.05) is 109 Å². The molecule has 0 unspecified atom stereocenters. The van der Waals surface area contributed by atoms with Gasteiger partial charge in [0.05, 0.1) is 27.3 Å². The molecule has 3 aromatic heterocycles. The number of hydrogen-bond donors (Lipinski definition) is 0. The standard InChI is InChI=1S/C41H25N3O2S/c45-47(46,27-15-5-2-6-16-27)36-23-11-22-35(43-36)33-25-34-37(32-21-12-24-42-40(32)33)38-30-19-9-7-17-28(30)29-18-8-10-20-31(29)41(38)44-39(34)26-13-3-1-4-14-26/h1-25H. The van der Waals surface area contributed by atoms with E-state index in [0.29, 0.717) is 5.69 Å². The molecule has 9 rings (SSSR count). The number of rotatable bonds is 4. The fourth-order valence-corrected chi connectivity index (χ4v) is 8.05. The third kappa shape index (κ3) is 4.22. The molecule has 0 radical (unpaired) electrons. The van der Waals surface area contributed by atoms with Crippen LogP contribution >= 0.6 is 0 Å². The highest BCUT2D eigenvalue weighted by Crippen LogP contribution is 2.45. The van der Waals surface area contributed by atoms with E-state index in [2.05, 4.69) is 72.8 Å². The number of aromatic nitrogens is 3. The summed E-state index contributed by atoms with van der Waals surface area (Å²) in [5, 5.41) is 8.51. The zero-order chi connectivity index (χ0) is 31.5. The lowest BCUT2D eigenvalue weighted by molar-refractivity contribution is 0.592. The fraction of sp³-hybridized carbons (Fsp3) is 0. The van der Waals surface area contributed by atoms with E-state index in [0.717, 1.165) is 70.9 Å². The van der Waals surface area contributed by atoms with Gasteiger partial charge in [-0.15, -0.1) is 0 Å². The summed E-state index contributed by atoms with van der Waals surface area (Å²) in [6.45, 7) is 0. The van der Waals surface area contributed by atoms with Crippen LogP contribution in [0.5, 0.6) is 0 Å². The maximum Gasteiger partial charge on any atom is 0.223 e. The molecule has 0 fully saturated rings. The molecular weight excluding hydrogens is 599 g/mol. The van der Waals surface area contributed by atoms with Crippen molar-refractivity contribution in [3.63, 3.8) is 0 Å². The summed E-state index contributed by atoms with van der Waals surface area (Å²) >= 11 is 0. The molecule has 0 aliphatic rings. The summed E-state index contributed by atoms with van der Waals surface area (Å²) in [5.41, 5.74) is 4.76. The van der Waals surface area contributed by atoms with Crippen molar-refractivity contribution in [2.45, 2.75) is 9.92 Å². The molecule has 0 saturated carbocycles. The van der Waals surface area contributed by atoms with Crippen molar-refractivity contribution in [1.29, 1.82) is 0 Å². The molecule has 0 bridgehead atoms. The predicted octanol–water partition coefficient (Wildman–Crippen LogP) is 9.80. The van der Waals surface area contributed by atoms with Gasteiger partial charge >= 0.3 is 0 Å². The predicted molar refractivity (Wildman–Crippen MR) is 190 cm³/mol. The minimum atomic E-state index is -3.83. The minimum Gasteiger partial charge on any atom is -0.256 e. The Labute approximate surface area is 270 Å². The number of pyridine rings is 3. The zero-order valence-electron chi connectivity index (χ0n) is 25.0. The summed E-state index contributed by atoms with van der Waals surface area (Å²) in [6, 6.07) is 46.8. The second-order valence-electron chi connectivity index (χ2n) is 11.6. The van der Waals surface area contributed by atoms with E-state index in [4.69, 9.17) is 15.0 Å². The Balaban J connectivity index is 1.45. The monoisotopic (exact) mass is 623 g/mol. The van der Waals surface area contributed by atoms with Gasteiger partial charge in [-0.2, -0.15) is 0 Å². The SMILES string of the molecule is O=S(=O)(c1ccccc1)c1cccc(-c2cc3c(-c4ccccc4)nc4c5ccccc5c5ccccc5c4c3c3cccnc23)n1. The van der Waals surface area contributed by atoms with Gasteiger partial charge in [0.25, 0.3) is 0 Å². The van der Waals surface area contributed by atoms with Crippen LogP contribution in [0.1, 0.15) is 0 Å². The van der Waals surface area contributed by atoms with E-state index in [1.165, 1.54) is 0 Å². The highest BCUT2D eigenvalue weighted by molar-refractivity contribution is 7.91. The summed E-state index contributed by atoms with van der Waals surface area (Å²) in [6.07, 6.45) is 1.78. The molecular formula is C41H25N3O2S. The molecule has 6 aromatic carbocycles. The normalized spacial score (nSPS) is 12.0. The number of nitrogens with zero attached hydrogens (tertiary/aromatic N) is 3. The molecule has 5 nitrogen and oxygen atoms in total. The third-order valence-electron chi connectivity index (χ3n) is 8.90. The van der Waals surface area contributed by atoms with Crippen LogP contribution in [-0.2, 0) is 9.84 Å². The average molecular weight is 624 g/mol. The van der Waals surface area contributed by atoms with Gasteiger partial charge in [-0.3, -0.25) is 4.98 Å². The molecule has 3 heterocycles. The average Bonchev–Trinajstić information content (AvgIpc) is 3.14. The second-order valence-corrected chi connectivity index (χ2v) is 13.5. The lowest BCUT2D eigenvalue weighted by Crippen LogP contribution is -2.05. The minimum absolute atomic E-state index is 0.0113. The number of fused-ring (bicyclic) bond motifs is 10. The molecule has 0 spiro atoms. The maximum absolute atomic E-state index is 13.6. The number of hydrogen-bond acceptors (Lipinski definition) is 5. The summed E-state index contributed by atoms with van der Waals surface area (Å²) in [7, 11) is -3.83. The Morgan fingerprint density at radius 2 is 1.11 bits per heavy atom. The van der Waals surface area contributed by atoms with Crippen molar-refractivity contribution in [2.24, 2.45) is 0 Å². The van der Waals surface area contributed by atoms with Crippen LogP contribution in [0.3, 0.4) is 0 Å². The van der Waals surface area contributed by atoms with Gasteiger partial charge < -0.3 is 0 Å². The molecule has 222 valence electrons. The maximum atomic E-state index is 13.6. The van der Waals surface area contributed by atoms with Gasteiger partial charge in [0.15, 0.2) is 5.03 Å². The zero-order valence-corrected chi connectivity index (χ0v) is 25.8. The lowest BCUT2D eigenvalue weighted by Gasteiger charge is -2.18. The molecule has 0 aliphatic heterocycles. The largest absolute Gasteiger partial charge is 0.256 e. The van der Waals surface area contributed by atoms with Gasteiger partial charge in [0.1, 0.15) is 0 Å². The van der Waals surface area contributed by atoms with Crippen LogP contribution in [0.25, 0.3) is 76.6 Å². The van der Waals surface area contributed by atoms with Gasteiger partial charge in [-0.05, 0) is 52.6 Å². The lowest BCUT2D eigenvalue weighted by atomic mass is 9.89. The Hall–Kier alpha value is -5.98. The first-order valence-electron chi connectivity index (χ1n) is 15.4. The first-order valence-corrected chi connectivity index (χ1v) is 16.9. The van der Waals surface area contributed by atoms with E-state index < -0.39 is 9.84 Å². The van der Waals surface area contributed by atoms with E-state index in [9.17, 15) is 8.42 Å². The van der Waals surface area contributed by atoms with Crippen molar-refractivity contribution in [3.05, 3.63) is 152 Å². The van der Waals surface area contributed by atoms with Crippen molar-refractivity contribution >= 4 is 64.0 Å². The number of benzene rings is 6. The number of sulfone groups is 1. The van der Waals surface area contributed by atoms with Crippen molar-refractivity contribution in [2.75, 3.05) is 0 Å². The van der Waals surface area contributed by atoms with E-state index >= 15 is 0 Å². The first-order chi connectivity index (χ1) is 23.1. The van der Waals surface area contributed by atoms with Gasteiger partial charge in [0, 0.05) is 44.3 Å². The van der Waals surface area contributed by atoms with Crippen LogP contribution in [0.2, 0.25) is 0 Å². The van der Waals surface area contributed by atoms with E-state index in [1.807, 2.05) is 30.3 Å². The Morgan fingerprint density at radius 3 is 1.87 bits per heavy atom. The van der Waals surface area contributed by atoms with Crippen LogP contribution in [0.15, 0.2) is 162 Å². The van der Waals surface area contributed by atoms with Crippen LogP contribution in [0.4, 0.5) is 0 Å². The van der Waals surface area contributed by atoms with Crippen molar-refractivity contribution in [1.82, 2.24) is 15.0 Å². The van der Waals surface area contributed by atoms with Crippen molar-refractivity contribution in [3.8, 4) is 22.5 Å². The van der Waals surface area contributed by atoms with Crippen LogP contribution in [-0.4, -0.2) is 23.4 Å². The second kappa shape index (κ2) is 10.5. The molecule has 0 atom stereocenters. The topological polar surface area (TPSA) is 72.8 Å². The molecule has 0 amide bonds. The van der Waals surface area contributed by atoms with Gasteiger partial charge in [0.2, 0.25) is 9.84 Å². The fourth-order valence-electron chi connectivity index (χ4n) is 6.82. The quantitative estimate of drug-likeness (QED) is 0.183. The van der Waals surface area contributed by atoms with Crippen molar-refractivity contribution < 1.29 is 8.42 Å². The summed E-state index contributed by atoms with van der Waals surface area (Å²) < 4.78 is 27.2. The van der Waals surface area contributed by atoms with E-state index in [1.54, 1.807) is 48.7 Å². The first kappa shape index (κ1) is 27.3.